The first-order valence-corrected chi connectivity index (χ1v) is 29.2. The van der Waals surface area contributed by atoms with E-state index in [0.29, 0.717) is 19.3 Å². The van der Waals surface area contributed by atoms with E-state index in [-0.39, 0.29) is 31.1 Å². The van der Waals surface area contributed by atoms with Crippen molar-refractivity contribution < 1.29 is 28.6 Å². The van der Waals surface area contributed by atoms with E-state index in [1.807, 2.05) is 0 Å². The van der Waals surface area contributed by atoms with Crippen LogP contribution in [0.2, 0.25) is 0 Å². The van der Waals surface area contributed by atoms with Crippen molar-refractivity contribution in [1.82, 2.24) is 0 Å². The minimum atomic E-state index is -0.803. The minimum absolute atomic E-state index is 0.100. The van der Waals surface area contributed by atoms with Gasteiger partial charge in [0.05, 0.1) is 0 Å². The molecule has 0 aromatic heterocycles. The Morgan fingerprint density at radius 3 is 0.861 bits per heavy atom. The standard InChI is InChI=1S/C66H106O6/c1-4-7-10-13-16-19-22-24-26-27-28-29-30-31-32-33-34-35-36-37-38-39-40-42-44-47-50-53-56-59-65(68)71-62-63(61-70-64(67)58-55-52-49-46-43-21-18-15-12-9-6-3)72-66(69)60-57-54-51-48-45-41-25-23-20-17-14-11-8-5-2/h7,10,14-19,23-26,28-29,31-32,34-35,37-38,40,42,63H,4-6,8-9,11-13,20-22,27,30,33,36,39,41,43-62H2,1-3H3/b10-7-,17-14-,18-15-,19-16-,25-23-,26-24-,29-28-,32-31-,35-34-,38-37-,42-40-. The molecule has 72 heavy (non-hydrogen) atoms. The fourth-order valence-electron chi connectivity index (χ4n) is 7.45. The van der Waals surface area contributed by atoms with Crippen molar-refractivity contribution in [2.75, 3.05) is 13.2 Å². The third-order valence-corrected chi connectivity index (χ3v) is 11.9. The molecule has 0 fully saturated rings. The summed E-state index contributed by atoms with van der Waals surface area (Å²) in [6, 6.07) is 0. The van der Waals surface area contributed by atoms with Gasteiger partial charge in [-0.3, -0.25) is 14.4 Å². The van der Waals surface area contributed by atoms with E-state index in [4.69, 9.17) is 14.2 Å². The number of unbranched alkanes of at least 4 members (excludes halogenated alkanes) is 18. The van der Waals surface area contributed by atoms with Gasteiger partial charge < -0.3 is 14.2 Å². The van der Waals surface area contributed by atoms with E-state index >= 15 is 0 Å². The molecule has 6 nitrogen and oxygen atoms in total. The summed E-state index contributed by atoms with van der Waals surface area (Å²) >= 11 is 0. The molecule has 0 aromatic rings. The van der Waals surface area contributed by atoms with Gasteiger partial charge in [-0.15, -0.1) is 0 Å². The van der Waals surface area contributed by atoms with Crippen molar-refractivity contribution in [2.45, 2.75) is 252 Å². The summed E-state index contributed by atoms with van der Waals surface area (Å²) in [5.74, 6) is -0.955. The van der Waals surface area contributed by atoms with E-state index in [0.717, 1.165) is 161 Å². The van der Waals surface area contributed by atoms with Gasteiger partial charge in [0, 0.05) is 19.3 Å². The molecule has 6 heteroatoms. The minimum Gasteiger partial charge on any atom is -0.462 e. The summed E-state index contributed by atoms with van der Waals surface area (Å²) < 4.78 is 16.8. The summed E-state index contributed by atoms with van der Waals surface area (Å²) in [6.45, 7) is 6.39. The van der Waals surface area contributed by atoms with Crippen molar-refractivity contribution in [2.24, 2.45) is 0 Å². The molecular formula is C66H106O6. The SMILES string of the molecule is CC/C=C\C/C=C\C/C=C\C/C=C\C/C=C\C/C=C\C/C=C\C/C=C\CCCCCCC(=O)OCC(COC(=O)CCCCCCC/C=C\CCCC)OC(=O)CCCCCCC/C=C\C/C=C\CCCC. The summed E-state index contributed by atoms with van der Waals surface area (Å²) in [7, 11) is 0. The summed E-state index contributed by atoms with van der Waals surface area (Å²) in [5, 5.41) is 0. The Balaban J connectivity index is 4.36. The molecule has 1 unspecified atom stereocenters. The number of ether oxygens (including phenoxy) is 3. The van der Waals surface area contributed by atoms with E-state index in [1.54, 1.807) is 0 Å². The van der Waals surface area contributed by atoms with Crippen molar-refractivity contribution >= 4 is 17.9 Å². The molecule has 0 aromatic carbocycles. The van der Waals surface area contributed by atoms with Crippen LogP contribution < -0.4 is 0 Å². The number of rotatable bonds is 51. The first-order valence-electron chi connectivity index (χ1n) is 29.2. The van der Waals surface area contributed by atoms with Gasteiger partial charge in [-0.05, 0) is 128 Å². The molecule has 0 N–H and O–H groups in total. The van der Waals surface area contributed by atoms with Crippen LogP contribution in [0.15, 0.2) is 134 Å². The third kappa shape index (κ3) is 56.5. The lowest BCUT2D eigenvalue weighted by atomic mass is 10.1. The molecule has 0 heterocycles. The highest BCUT2D eigenvalue weighted by Gasteiger charge is 2.19. The molecule has 0 rings (SSSR count). The molecule has 406 valence electrons. The van der Waals surface area contributed by atoms with E-state index in [2.05, 4.69) is 154 Å². The fourth-order valence-corrected chi connectivity index (χ4v) is 7.45. The van der Waals surface area contributed by atoms with Crippen molar-refractivity contribution in [3.63, 3.8) is 0 Å². The zero-order chi connectivity index (χ0) is 52.2. The van der Waals surface area contributed by atoms with Crippen LogP contribution in [0.1, 0.15) is 245 Å². The Morgan fingerprint density at radius 1 is 0.292 bits per heavy atom. The Morgan fingerprint density at radius 2 is 0.542 bits per heavy atom. The smallest absolute Gasteiger partial charge is 0.306 e. The number of esters is 3. The van der Waals surface area contributed by atoms with E-state index in [1.165, 1.54) is 44.9 Å². The van der Waals surface area contributed by atoms with Crippen LogP contribution in [0.4, 0.5) is 0 Å². The lowest BCUT2D eigenvalue weighted by Crippen LogP contribution is -2.30. The number of hydrogen-bond donors (Lipinski definition) is 0. The van der Waals surface area contributed by atoms with Crippen LogP contribution >= 0.6 is 0 Å². The highest BCUT2D eigenvalue weighted by atomic mass is 16.6. The molecule has 1 atom stereocenters. The highest BCUT2D eigenvalue weighted by Crippen LogP contribution is 2.13. The van der Waals surface area contributed by atoms with Gasteiger partial charge in [0.25, 0.3) is 0 Å². The topological polar surface area (TPSA) is 78.9 Å². The maximum absolute atomic E-state index is 12.8. The predicted octanol–water partition coefficient (Wildman–Crippen LogP) is 19.8. The van der Waals surface area contributed by atoms with Gasteiger partial charge in [-0.1, -0.05) is 231 Å². The van der Waals surface area contributed by atoms with Crippen molar-refractivity contribution in [1.29, 1.82) is 0 Å². The Bertz CT molecular complexity index is 1560. The second-order valence-electron chi connectivity index (χ2n) is 18.8. The van der Waals surface area contributed by atoms with Crippen LogP contribution in [0.25, 0.3) is 0 Å². The van der Waals surface area contributed by atoms with Gasteiger partial charge >= 0.3 is 17.9 Å². The fraction of sp³-hybridized carbons (Fsp3) is 0.621. The predicted molar refractivity (Wildman–Crippen MR) is 311 cm³/mol. The molecular weight excluding hydrogens is 889 g/mol. The summed E-state index contributed by atoms with van der Waals surface area (Å²) in [6.07, 6.45) is 83.0. The lowest BCUT2D eigenvalue weighted by molar-refractivity contribution is -0.167. The van der Waals surface area contributed by atoms with E-state index < -0.39 is 6.10 Å². The Kier molecular flexibility index (Phi) is 55.5. The quantitative estimate of drug-likeness (QED) is 0.0261. The van der Waals surface area contributed by atoms with E-state index in [9.17, 15) is 14.4 Å². The molecule has 0 aliphatic rings. The average molecular weight is 996 g/mol. The highest BCUT2D eigenvalue weighted by molar-refractivity contribution is 5.71. The van der Waals surface area contributed by atoms with Crippen molar-refractivity contribution in [3.8, 4) is 0 Å². The second-order valence-corrected chi connectivity index (χ2v) is 18.8. The number of carbonyl (C=O) groups is 3. The zero-order valence-corrected chi connectivity index (χ0v) is 46.4. The van der Waals surface area contributed by atoms with Crippen molar-refractivity contribution in [3.05, 3.63) is 134 Å². The first-order chi connectivity index (χ1) is 35.5. The molecule has 0 amide bonds. The Labute approximate surface area is 443 Å². The van der Waals surface area contributed by atoms with Gasteiger partial charge in [0.2, 0.25) is 0 Å². The summed E-state index contributed by atoms with van der Waals surface area (Å²) in [5.41, 5.74) is 0. The summed E-state index contributed by atoms with van der Waals surface area (Å²) in [4.78, 5) is 38.1. The monoisotopic (exact) mass is 995 g/mol. The van der Waals surface area contributed by atoms with Gasteiger partial charge in [0.15, 0.2) is 6.10 Å². The van der Waals surface area contributed by atoms with Crippen LogP contribution in [-0.4, -0.2) is 37.2 Å². The van der Waals surface area contributed by atoms with Crippen LogP contribution in [0.5, 0.6) is 0 Å². The average Bonchev–Trinajstić information content (AvgIpc) is 3.38. The second kappa shape index (κ2) is 59.1. The maximum atomic E-state index is 12.8. The number of hydrogen-bond acceptors (Lipinski definition) is 6. The molecule has 0 saturated carbocycles. The van der Waals surface area contributed by atoms with Gasteiger partial charge in [-0.2, -0.15) is 0 Å². The van der Waals surface area contributed by atoms with Crippen LogP contribution in [0, 0.1) is 0 Å². The first kappa shape index (κ1) is 67.5. The molecule has 0 aliphatic heterocycles. The zero-order valence-electron chi connectivity index (χ0n) is 46.4. The van der Waals surface area contributed by atoms with Crippen LogP contribution in [-0.2, 0) is 28.6 Å². The van der Waals surface area contributed by atoms with Crippen LogP contribution in [0.3, 0.4) is 0 Å². The third-order valence-electron chi connectivity index (χ3n) is 11.9. The number of carbonyl (C=O) groups excluding carboxylic acids is 3. The molecule has 0 bridgehead atoms. The lowest BCUT2D eigenvalue weighted by Gasteiger charge is -2.18. The maximum Gasteiger partial charge on any atom is 0.306 e. The largest absolute Gasteiger partial charge is 0.462 e. The Hall–Kier alpha value is -4.45. The molecule has 0 saturated heterocycles. The molecule has 0 radical (unpaired) electrons. The number of allylic oxidation sites excluding steroid dienone is 22. The normalized spacial score (nSPS) is 13.1. The van der Waals surface area contributed by atoms with Gasteiger partial charge in [-0.25, -0.2) is 0 Å². The molecule has 0 spiro atoms. The van der Waals surface area contributed by atoms with Gasteiger partial charge in [0.1, 0.15) is 13.2 Å². The molecule has 0 aliphatic carbocycles.